The van der Waals surface area contributed by atoms with E-state index < -0.39 is 11.5 Å². The number of nitrogens with zero attached hydrogens (tertiary/aromatic N) is 1. The second-order valence-electron chi connectivity index (χ2n) is 6.50. The number of hydrogen-bond acceptors (Lipinski definition) is 2. The van der Waals surface area contributed by atoms with Gasteiger partial charge in [0.2, 0.25) is 0 Å². The molecule has 2 nitrogen and oxygen atoms in total. The van der Waals surface area contributed by atoms with Gasteiger partial charge in [0, 0.05) is 0 Å². The fourth-order valence-corrected chi connectivity index (χ4v) is 3.68. The largest absolute Gasteiger partial charge is 0.391 e. The van der Waals surface area contributed by atoms with Crippen molar-refractivity contribution in [2.75, 3.05) is 0 Å². The van der Waals surface area contributed by atoms with Crippen LogP contribution in [-0.4, -0.2) is 11.2 Å². The number of nitriles is 1. The molecule has 2 fully saturated rings. The summed E-state index contributed by atoms with van der Waals surface area (Å²) in [6, 6.07) is 2.47. The molecular formula is C13H21NO. The molecule has 4 atom stereocenters. The summed E-state index contributed by atoms with van der Waals surface area (Å²) in [5, 5.41) is 19.9. The predicted molar refractivity (Wildman–Crippen MR) is 59.0 cm³/mol. The summed E-state index contributed by atoms with van der Waals surface area (Å²) in [6.07, 6.45) is 4.02. The molecule has 0 aromatic heterocycles. The highest BCUT2D eigenvalue weighted by molar-refractivity contribution is 5.16. The average Bonchev–Trinajstić information content (AvgIpc) is 2.74. The van der Waals surface area contributed by atoms with E-state index in [0.717, 1.165) is 12.8 Å². The van der Waals surface area contributed by atoms with Crippen LogP contribution in [0.25, 0.3) is 0 Å². The molecule has 2 bridgehead atoms. The van der Waals surface area contributed by atoms with E-state index in [4.69, 9.17) is 0 Å². The molecule has 0 spiro atoms. The minimum atomic E-state index is -0.481. The summed E-state index contributed by atoms with van der Waals surface area (Å²) in [6.45, 7) is 6.09. The van der Waals surface area contributed by atoms with Crippen molar-refractivity contribution in [1.29, 1.82) is 5.26 Å². The summed E-state index contributed by atoms with van der Waals surface area (Å²) in [5.74, 6) is 1.15. The Kier molecular flexibility index (Phi) is 2.35. The molecule has 1 N–H and O–H groups in total. The Morgan fingerprint density at radius 1 is 1.40 bits per heavy atom. The van der Waals surface area contributed by atoms with E-state index in [1.54, 1.807) is 0 Å². The molecule has 0 aromatic carbocycles. The van der Waals surface area contributed by atoms with Crippen molar-refractivity contribution < 1.29 is 5.11 Å². The molecule has 2 rings (SSSR count). The van der Waals surface area contributed by atoms with Gasteiger partial charge < -0.3 is 5.11 Å². The normalized spacial score (nSPS) is 41.5. The zero-order valence-electron chi connectivity index (χ0n) is 9.95. The quantitative estimate of drug-likeness (QED) is 0.718. The molecule has 0 amide bonds. The van der Waals surface area contributed by atoms with Crippen LogP contribution in [0.1, 0.15) is 46.5 Å². The Morgan fingerprint density at radius 3 is 2.40 bits per heavy atom. The van der Waals surface area contributed by atoms with Crippen LogP contribution in [-0.2, 0) is 0 Å². The third-order valence-corrected chi connectivity index (χ3v) is 4.41. The topological polar surface area (TPSA) is 44.0 Å². The Labute approximate surface area is 92.3 Å². The lowest BCUT2D eigenvalue weighted by molar-refractivity contribution is -0.0477. The van der Waals surface area contributed by atoms with Crippen molar-refractivity contribution >= 4 is 0 Å². The van der Waals surface area contributed by atoms with Crippen LogP contribution in [0.4, 0.5) is 0 Å². The molecule has 84 valence electrons. The third-order valence-electron chi connectivity index (χ3n) is 4.41. The zero-order valence-corrected chi connectivity index (χ0v) is 9.95. The van der Waals surface area contributed by atoms with Crippen molar-refractivity contribution in [2.24, 2.45) is 22.7 Å². The highest BCUT2D eigenvalue weighted by Crippen LogP contribution is 2.59. The Balaban J connectivity index is 2.28. The van der Waals surface area contributed by atoms with Crippen LogP contribution in [0.15, 0.2) is 0 Å². The Hall–Kier alpha value is -0.550. The van der Waals surface area contributed by atoms with Gasteiger partial charge in [-0.05, 0) is 36.5 Å². The summed E-state index contributed by atoms with van der Waals surface area (Å²) < 4.78 is 0. The molecular weight excluding hydrogens is 186 g/mol. The first-order valence-electron chi connectivity index (χ1n) is 5.99. The predicted octanol–water partition coefficient (Wildman–Crippen LogP) is 2.72. The monoisotopic (exact) mass is 207 g/mol. The lowest BCUT2D eigenvalue weighted by Gasteiger charge is -2.41. The fourth-order valence-electron chi connectivity index (χ4n) is 3.68. The minimum absolute atomic E-state index is 0.180. The van der Waals surface area contributed by atoms with Gasteiger partial charge in [-0.25, -0.2) is 0 Å². The minimum Gasteiger partial charge on any atom is -0.391 e. The van der Waals surface area contributed by atoms with E-state index in [1.807, 2.05) is 20.8 Å². The van der Waals surface area contributed by atoms with Crippen molar-refractivity contribution in [3.8, 4) is 6.07 Å². The maximum atomic E-state index is 10.4. The molecule has 4 unspecified atom stereocenters. The summed E-state index contributed by atoms with van der Waals surface area (Å²) in [5.41, 5.74) is -0.624. The van der Waals surface area contributed by atoms with Crippen LogP contribution in [0.5, 0.6) is 0 Å². The van der Waals surface area contributed by atoms with E-state index in [2.05, 4.69) is 6.07 Å². The van der Waals surface area contributed by atoms with Gasteiger partial charge in [0.15, 0.2) is 0 Å². The van der Waals surface area contributed by atoms with E-state index in [-0.39, 0.29) is 5.41 Å². The molecule has 0 heterocycles. The van der Waals surface area contributed by atoms with Crippen LogP contribution in [0.2, 0.25) is 0 Å². The molecule has 0 aliphatic heterocycles. The molecule has 0 aromatic rings. The maximum absolute atomic E-state index is 10.4. The Bertz CT molecular complexity index is 299. The molecule has 2 aliphatic carbocycles. The van der Waals surface area contributed by atoms with Gasteiger partial charge in [-0.3, -0.25) is 0 Å². The van der Waals surface area contributed by atoms with Gasteiger partial charge >= 0.3 is 0 Å². The molecule has 15 heavy (non-hydrogen) atoms. The average molecular weight is 207 g/mol. The van der Waals surface area contributed by atoms with Crippen molar-refractivity contribution in [1.82, 2.24) is 0 Å². The fraction of sp³-hybridized carbons (Fsp3) is 0.923. The van der Waals surface area contributed by atoms with Crippen LogP contribution >= 0.6 is 0 Å². The molecule has 2 saturated carbocycles. The summed E-state index contributed by atoms with van der Waals surface area (Å²) >= 11 is 0. The zero-order chi connectivity index (χ0) is 11.3. The SMILES string of the molecule is CC(C)(C)C(O)C1(C#N)CC2CCC1C2. The highest BCUT2D eigenvalue weighted by atomic mass is 16.3. The lowest BCUT2D eigenvalue weighted by Crippen LogP contribution is -2.46. The standard InChI is InChI=1S/C13H21NO/c1-12(2,3)11(15)13(8-14)7-9-4-5-10(13)6-9/h9-11,15H,4-7H2,1-3H3. The van der Waals surface area contributed by atoms with Gasteiger partial charge in [-0.1, -0.05) is 27.2 Å². The van der Waals surface area contributed by atoms with E-state index >= 15 is 0 Å². The van der Waals surface area contributed by atoms with Gasteiger partial charge in [-0.2, -0.15) is 5.26 Å². The van der Waals surface area contributed by atoms with Crippen LogP contribution in [0, 0.1) is 34.0 Å². The lowest BCUT2D eigenvalue weighted by atomic mass is 9.63. The van der Waals surface area contributed by atoms with Crippen molar-refractivity contribution in [3.05, 3.63) is 0 Å². The number of aliphatic hydroxyl groups is 1. The van der Waals surface area contributed by atoms with Crippen molar-refractivity contribution in [3.63, 3.8) is 0 Å². The number of hydrogen-bond donors (Lipinski definition) is 1. The number of aliphatic hydroxyl groups excluding tert-OH is 1. The Morgan fingerprint density at radius 2 is 2.07 bits per heavy atom. The summed E-state index contributed by atoms with van der Waals surface area (Å²) in [7, 11) is 0. The first-order chi connectivity index (χ1) is 6.90. The van der Waals surface area contributed by atoms with Crippen LogP contribution in [0.3, 0.4) is 0 Å². The van der Waals surface area contributed by atoms with Crippen LogP contribution < -0.4 is 0 Å². The first-order valence-corrected chi connectivity index (χ1v) is 5.99. The maximum Gasteiger partial charge on any atom is 0.0868 e. The van der Waals surface area contributed by atoms with E-state index in [0.29, 0.717) is 11.8 Å². The third kappa shape index (κ3) is 1.49. The van der Waals surface area contributed by atoms with Gasteiger partial charge in [0.05, 0.1) is 17.6 Å². The first kappa shape index (κ1) is 11.0. The molecule has 0 saturated heterocycles. The van der Waals surface area contributed by atoms with Crippen molar-refractivity contribution in [2.45, 2.75) is 52.6 Å². The van der Waals surface area contributed by atoms with Gasteiger partial charge in [0.1, 0.15) is 0 Å². The van der Waals surface area contributed by atoms with Gasteiger partial charge in [-0.15, -0.1) is 0 Å². The number of fused-ring (bicyclic) bond motifs is 2. The molecule has 0 radical (unpaired) electrons. The smallest absolute Gasteiger partial charge is 0.0868 e. The highest BCUT2D eigenvalue weighted by Gasteiger charge is 2.57. The molecule has 2 heteroatoms. The van der Waals surface area contributed by atoms with E-state index in [9.17, 15) is 10.4 Å². The second-order valence-corrected chi connectivity index (χ2v) is 6.50. The van der Waals surface area contributed by atoms with E-state index in [1.165, 1.54) is 12.8 Å². The molecule has 2 aliphatic rings. The summed E-state index contributed by atoms with van der Waals surface area (Å²) in [4.78, 5) is 0. The second kappa shape index (κ2) is 3.22. The van der Waals surface area contributed by atoms with Gasteiger partial charge in [0.25, 0.3) is 0 Å². The number of rotatable bonds is 1.